The number of carbonyl (C=O) groups excluding carboxylic acids is 1. The van der Waals surface area contributed by atoms with Gasteiger partial charge >= 0.3 is 0 Å². The topological polar surface area (TPSA) is 55.1 Å². The first kappa shape index (κ1) is 10.6. The molecule has 0 saturated carbocycles. The Hall–Kier alpha value is -1.88. The van der Waals surface area contributed by atoms with Crippen molar-refractivity contribution in [3.63, 3.8) is 0 Å². The standard InChI is InChI=1S/C11H9FN2OS/c12-7-1-3-8(4-2-7)14-11(15)10-9(13)5-6-16-10/h1-6H,13H2,(H,14,15). The maximum absolute atomic E-state index is 12.6. The second kappa shape index (κ2) is 4.32. The smallest absolute Gasteiger partial charge is 0.267 e. The number of amides is 1. The first-order chi connectivity index (χ1) is 7.66. The molecule has 0 bridgehead atoms. The van der Waals surface area contributed by atoms with Gasteiger partial charge in [0.1, 0.15) is 10.7 Å². The molecular formula is C11H9FN2OS. The summed E-state index contributed by atoms with van der Waals surface area (Å²) < 4.78 is 12.6. The van der Waals surface area contributed by atoms with Crippen LogP contribution >= 0.6 is 11.3 Å². The highest BCUT2D eigenvalue weighted by atomic mass is 32.1. The zero-order valence-corrected chi connectivity index (χ0v) is 9.05. The molecule has 0 spiro atoms. The quantitative estimate of drug-likeness (QED) is 0.842. The molecule has 2 aromatic rings. The average molecular weight is 236 g/mol. The number of nitrogen functional groups attached to an aromatic ring is 1. The third-order valence-corrected chi connectivity index (χ3v) is 2.93. The van der Waals surface area contributed by atoms with Crippen LogP contribution in [-0.2, 0) is 0 Å². The van der Waals surface area contributed by atoms with Gasteiger partial charge in [-0.05, 0) is 35.7 Å². The van der Waals surface area contributed by atoms with Crippen LogP contribution in [0.15, 0.2) is 35.7 Å². The molecule has 1 amide bonds. The van der Waals surface area contributed by atoms with E-state index in [1.807, 2.05) is 0 Å². The molecule has 82 valence electrons. The van der Waals surface area contributed by atoms with Gasteiger partial charge in [0.25, 0.3) is 5.91 Å². The summed E-state index contributed by atoms with van der Waals surface area (Å²) in [6, 6.07) is 7.24. The van der Waals surface area contributed by atoms with Crippen LogP contribution in [0.3, 0.4) is 0 Å². The van der Waals surface area contributed by atoms with E-state index in [0.717, 1.165) is 0 Å². The lowest BCUT2D eigenvalue weighted by molar-refractivity contribution is 0.103. The molecule has 0 radical (unpaired) electrons. The summed E-state index contributed by atoms with van der Waals surface area (Å²) in [7, 11) is 0. The van der Waals surface area contributed by atoms with Gasteiger partial charge in [0.05, 0.1) is 5.69 Å². The van der Waals surface area contributed by atoms with Crippen molar-refractivity contribution in [1.29, 1.82) is 0 Å². The largest absolute Gasteiger partial charge is 0.397 e. The van der Waals surface area contributed by atoms with Gasteiger partial charge in [-0.15, -0.1) is 11.3 Å². The van der Waals surface area contributed by atoms with E-state index in [1.165, 1.54) is 35.6 Å². The molecule has 0 aliphatic carbocycles. The maximum atomic E-state index is 12.6. The molecule has 3 N–H and O–H groups in total. The Bertz CT molecular complexity index is 507. The molecule has 2 rings (SSSR count). The summed E-state index contributed by atoms with van der Waals surface area (Å²) in [4.78, 5) is 12.2. The molecule has 5 heteroatoms. The minimum atomic E-state index is -0.339. The van der Waals surface area contributed by atoms with Crippen LogP contribution in [-0.4, -0.2) is 5.91 Å². The molecule has 0 aliphatic heterocycles. The molecule has 16 heavy (non-hydrogen) atoms. The van der Waals surface area contributed by atoms with Crippen molar-refractivity contribution in [3.8, 4) is 0 Å². The van der Waals surface area contributed by atoms with Crippen LogP contribution in [0.1, 0.15) is 9.67 Å². The number of anilines is 2. The fraction of sp³-hybridized carbons (Fsp3) is 0. The zero-order chi connectivity index (χ0) is 11.5. The third-order valence-electron chi connectivity index (χ3n) is 2.00. The zero-order valence-electron chi connectivity index (χ0n) is 8.24. The summed E-state index contributed by atoms with van der Waals surface area (Å²) in [5.74, 6) is -0.618. The summed E-state index contributed by atoms with van der Waals surface area (Å²) in [5, 5.41) is 4.38. The fourth-order valence-corrected chi connectivity index (χ4v) is 1.94. The van der Waals surface area contributed by atoms with Gasteiger partial charge in [-0.3, -0.25) is 4.79 Å². The van der Waals surface area contributed by atoms with Gasteiger partial charge in [-0.25, -0.2) is 4.39 Å². The van der Waals surface area contributed by atoms with Gasteiger partial charge in [0, 0.05) is 5.69 Å². The van der Waals surface area contributed by atoms with Crippen molar-refractivity contribution < 1.29 is 9.18 Å². The fourth-order valence-electron chi connectivity index (χ4n) is 1.22. The summed E-state index contributed by atoms with van der Waals surface area (Å²) in [6.45, 7) is 0. The molecule has 0 atom stereocenters. The lowest BCUT2D eigenvalue weighted by atomic mass is 10.3. The number of rotatable bonds is 2. The van der Waals surface area contributed by atoms with Gasteiger partial charge in [-0.2, -0.15) is 0 Å². The van der Waals surface area contributed by atoms with Crippen molar-refractivity contribution in [2.45, 2.75) is 0 Å². The molecule has 1 heterocycles. The minimum Gasteiger partial charge on any atom is -0.397 e. The van der Waals surface area contributed by atoms with Crippen LogP contribution in [0.5, 0.6) is 0 Å². The van der Waals surface area contributed by atoms with E-state index in [0.29, 0.717) is 16.3 Å². The molecule has 0 unspecified atom stereocenters. The molecule has 0 aliphatic rings. The lowest BCUT2D eigenvalue weighted by Gasteiger charge is -2.03. The normalized spacial score (nSPS) is 10.1. The number of nitrogens with one attached hydrogen (secondary N) is 1. The molecule has 3 nitrogen and oxygen atoms in total. The predicted octanol–water partition coefficient (Wildman–Crippen LogP) is 2.72. The van der Waals surface area contributed by atoms with Crippen LogP contribution in [0.2, 0.25) is 0 Å². The number of nitrogens with two attached hydrogens (primary N) is 1. The molecular weight excluding hydrogens is 227 g/mol. The van der Waals surface area contributed by atoms with Crippen molar-refractivity contribution >= 4 is 28.6 Å². The summed E-state index contributed by atoms with van der Waals surface area (Å²) >= 11 is 1.27. The highest BCUT2D eigenvalue weighted by molar-refractivity contribution is 7.12. The number of hydrogen-bond donors (Lipinski definition) is 2. The van der Waals surface area contributed by atoms with Crippen LogP contribution < -0.4 is 11.1 Å². The van der Waals surface area contributed by atoms with Crippen LogP contribution in [0, 0.1) is 5.82 Å². The number of benzene rings is 1. The minimum absolute atomic E-state index is 0.279. The van der Waals surface area contributed by atoms with E-state index in [-0.39, 0.29) is 11.7 Å². The Balaban J connectivity index is 2.14. The average Bonchev–Trinajstić information content (AvgIpc) is 2.68. The number of halogens is 1. The third kappa shape index (κ3) is 2.20. The molecule has 1 aromatic heterocycles. The Kier molecular flexibility index (Phi) is 2.87. The Morgan fingerprint density at radius 3 is 2.50 bits per heavy atom. The number of thiophene rings is 1. The second-order valence-electron chi connectivity index (χ2n) is 3.17. The van der Waals surface area contributed by atoms with E-state index >= 15 is 0 Å². The van der Waals surface area contributed by atoms with E-state index in [9.17, 15) is 9.18 Å². The Morgan fingerprint density at radius 2 is 1.94 bits per heavy atom. The molecule has 0 fully saturated rings. The highest BCUT2D eigenvalue weighted by Gasteiger charge is 2.10. The Morgan fingerprint density at radius 1 is 1.25 bits per heavy atom. The van der Waals surface area contributed by atoms with Crippen molar-refractivity contribution in [2.75, 3.05) is 11.1 Å². The monoisotopic (exact) mass is 236 g/mol. The molecule has 0 saturated heterocycles. The maximum Gasteiger partial charge on any atom is 0.267 e. The van der Waals surface area contributed by atoms with Crippen molar-refractivity contribution in [2.24, 2.45) is 0 Å². The van der Waals surface area contributed by atoms with E-state index in [2.05, 4.69) is 5.32 Å². The second-order valence-corrected chi connectivity index (χ2v) is 4.08. The predicted molar refractivity (Wildman–Crippen MR) is 63.1 cm³/mol. The van der Waals surface area contributed by atoms with E-state index < -0.39 is 0 Å². The first-order valence-electron chi connectivity index (χ1n) is 4.56. The molecule has 1 aromatic carbocycles. The van der Waals surface area contributed by atoms with Gasteiger partial charge in [0.15, 0.2) is 0 Å². The number of carbonyl (C=O) groups is 1. The van der Waals surface area contributed by atoms with Crippen molar-refractivity contribution in [1.82, 2.24) is 0 Å². The van der Waals surface area contributed by atoms with Gasteiger partial charge in [-0.1, -0.05) is 0 Å². The van der Waals surface area contributed by atoms with Gasteiger partial charge < -0.3 is 11.1 Å². The SMILES string of the molecule is Nc1ccsc1C(=O)Nc1ccc(F)cc1. The first-order valence-corrected chi connectivity index (χ1v) is 5.44. The van der Waals surface area contributed by atoms with E-state index in [4.69, 9.17) is 5.73 Å². The van der Waals surface area contributed by atoms with Gasteiger partial charge in [0.2, 0.25) is 0 Å². The van der Waals surface area contributed by atoms with Crippen molar-refractivity contribution in [3.05, 3.63) is 46.4 Å². The highest BCUT2D eigenvalue weighted by Crippen LogP contribution is 2.20. The van der Waals surface area contributed by atoms with Crippen LogP contribution in [0.4, 0.5) is 15.8 Å². The number of hydrogen-bond acceptors (Lipinski definition) is 3. The van der Waals surface area contributed by atoms with E-state index in [1.54, 1.807) is 11.4 Å². The lowest BCUT2D eigenvalue weighted by Crippen LogP contribution is -2.11. The van der Waals surface area contributed by atoms with Crippen LogP contribution in [0.25, 0.3) is 0 Å². The summed E-state index contributed by atoms with van der Waals surface area (Å²) in [6.07, 6.45) is 0. The summed E-state index contributed by atoms with van der Waals surface area (Å²) in [5.41, 5.74) is 6.60. The Labute approximate surface area is 95.7 Å².